The third-order valence-electron chi connectivity index (χ3n) is 6.29. The molecule has 1 aliphatic rings. The van der Waals surface area contributed by atoms with E-state index in [1.807, 2.05) is 73.7 Å². The first-order valence-electron chi connectivity index (χ1n) is 10.9. The van der Waals surface area contributed by atoms with Gasteiger partial charge < -0.3 is 14.0 Å². The first-order valence-corrected chi connectivity index (χ1v) is 10.9. The zero-order valence-electron chi connectivity index (χ0n) is 18.0. The smallest absolute Gasteiger partial charge is 0.248 e. The van der Waals surface area contributed by atoms with Crippen molar-refractivity contribution < 1.29 is 14.0 Å². The van der Waals surface area contributed by atoms with Crippen LogP contribution < -0.4 is 0 Å². The fourth-order valence-electron chi connectivity index (χ4n) is 4.31. The van der Waals surface area contributed by atoms with Crippen LogP contribution in [0.25, 0.3) is 33.8 Å². The molecule has 1 saturated carbocycles. The molecule has 0 aliphatic heterocycles. The average Bonchev–Trinajstić information content (AvgIpc) is 3.28. The highest BCUT2D eigenvalue weighted by Gasteiger charge is 2.56. The van der Waals surface area contributed by atoms with Crippen molar-refractivity contribution in [3.63, 3.8) is 0 Å². The van der Waals surface area contributed by atoms with Gasteiger partial charge in [-0.3, -0.25) is 0 Å². The summed E-state index contributed by atoms with van der Waals surface area (Å²) in [5.74, 6) is 1.99. The van der Waals surface area contributed by atoms with Gasteiger partial charge in [0, 0.05) is 11.1 Å². The summed E-state index contributed by atoms with van der Waals surface area (Å²) in [4.78, 5) is 0. The van der Waals surface area contributed by atoms with Crippen LogP contribution in [0.1, 0.15) is 30.1 Å². The molecule has 2 heterocycles. The number of nitrogens with zero attached hydrogens (tertiary/aromatic N) is 3. The Balaban J connectivity index is 1.49. The summed E-state index contributed by atoms with van der Waals surface area (Å²) in [7, 11) is 0. The lowest BCUT2D eigenvalue weighted by Gasteiger charge is -2.11. The van der Waals surface area contributed by atoms with E-state index in [0.717, 1.165) is 52.1 Å². The molecule has 0 atom stereocenters. The lowest BCUT2D eigenvalue weighted by Crippen LogP contribution is -2.09. The van der Waals surface area contributed by atoms with Crippen molar-refractivity contribution in [2.24, 2.45) is 0 Å². The topological polar surface area (TPSA) is 85.2 Å². The van der Waals surface area contributed by atoms with Crippen LogP contribution in [-0.4, -0.2) is 20.5 Å². The second-order valence-corrected chi connectivity index (χ2v) is 8.46. The summed E-state index contributed by atoms with van der Waals surface area (Å²) in [5.41, 5.74) is 5.01. The molecule has 1 N–H and O–H groups in total. The van der Waals surface area contributed by atoms with E-state index in [-0.39, 0.29) is 5.75 Å². The van der Waals surface area contributed by atoms with Crippen molar-refractivity contribution in [2.45, 2.75) is 25.2 Å². The number of rotatable bonds is 5. The van der Waals surface area contributed by atoms with Gasteiger partial charge in [-0.05, 0) is 61.2 Å². The molecule has 0 amide bonds. The predicted octanol–water partition coefficient (Wildman–Crippen LogP) is 6.15. The third kappa shape index (κ3) is 3.22. The van der Waals surface area contributed by atoms with E-state index in [1.165, 1.54) is 0 Å². The van der Waals surface area contributed by atoms with E-state index in [4.69, 9.17) is 8.94 Å². The largest absolute Gasteiger partial charge is 0.508 e. The molecule has 0 radical (unpaired) electrons. The van der Waals surface area contributed by atoms with Crippen molar-refractivity contribution >= 4 is 0 Å². The van der Waals surface area contributed by atoms with Crippen LogP contribution in [0.3, 0.4) is 0 Å². The maximum absolute atomic E-state index is 9.73. The number of aryl methyl sites for hydroxylation is 1. The Morgan fingerprint density at radius 2 is 1.55 bits per heavy atom. The summed E-state index contributed by atoms with van der Waals surface area (Å²) in [6.45, 7) is 2.03. The molecule has 0 bridgehead atoms. The quantitative estimate of drug-likeness (QED) is 0.356. The predicted molar refractivity (Wildman–Crippen MR) is 124 cm³/mol. The van der Waals surface area contributed by atoms with Gasteiger partial charge in [-0.25, -0.2) is 0 Å². The highest BCUT2D eigenvalue weighted by molar-refractivity contribution is 5.83. The lowest BCUT2D eigenvalue weighted by atomic mass is 9.92. The van der Waals surface area contributed by atoms with Crippen molar-refractivity contribution in [1.29, 1.82) is 0 Å². The minimum atomic E-state index is -0.499. The molecule has 3 aromatic carbocycles. The number of aromatic nitrogens is 3. The molecule has 5 aromatic rings. The zero-order chi connectivity index (χ0) is 22.4. The van der Waals surface area contributed by atoms with Gasteiger partial charge in [-0.2, -0.15) is 0 Å². The zero-order valence-corrected chi connectivity index (χ0v) is 18.0. The van der Waals surface area contributed by atoms with Gasteiger partial charge in [0.15, 0.2) is 5.76 Å². The van der Waals surface area contributed by atoms with Gasteiger partial charge in [0.25, 0.3) is 0 Å². The first kappa shape index (κ1) is 19.5. The van der Waals surface area contributed by atoms with Crippen molar-refractivity contribution in [3.8, 4) is 39.6 Å². The van der Waals surface area contributed by atoms with Crippen molar-refractivity contribution in [1.82, 2.24) is 15.4 Å². The Morgan fingerprint density at radius 1 is 0.818 bits per heavy atom. The monoisotopic (exact) mass is 435 g/mol. The minimum absolute atomic E-state index is 0.206. The van der Waals surface area contributed by atoms with E-state index in [9.17, 15) is 5.11 Å². The molecule has 1 fully saturated rings. The Morgan fingerprint density at radius 3 is 2.27 bits per heavy atom. The Bertz CT molecular complexity index is 1430. The number of phenolic OH excluding ortho intramolecular Hbond substituents is 1. The normalized spacial score (nSPS) is 14.3. The molecule has 33 heavy (non-hydrogen) atoms. The molecular weight excluding hydrogens is 414 g/mol. The van der Waals surface area contributed by atoms with Gasteiger partial charge in [-0.1, -0.05) is 53.7 Å². The molecule has 6 rings (SSSR count). The van der Waals surface area contributed by atoms with E-state index in [0.29, 0.717) is 11.8 Å². The highest BCUT2D eigenvalue weighted by Crippen LogP contribution is 2.57. The van der Waals surface area contributed by atoms with Crippen LogP contribution >= 0.6 is 0 Å². The van der Waals surface area contributed by atoms with E-state index < -0.39 is 5.41 Å². The van der Waals surface area contributed by atoms with Crippen LogP contribution in [0.4, 0.5) is 0 Å². The van der Waals surface area contributed by atoms with E-state index >= 15 is 0 Å². The van der Waals surface area contributed by atoms with Crippen LogP contribution in [0.2, 0.25) is 0 Å². The molecule has 0 spiro atoms. The summed E-state index contributed by atoms with van der Waals surface area (Å²) in [6, 6.07) is 25.0. The molecule has 0 saturated heterocycles. The Hall–Kier alpha value is -4.19. The maximum atomic E-state index is 9.73. The second-order valence-electron chi connectivity index (χ2n) is 8.46. The molecule has 6 nitrogen and oxygen atoms in total. The van der Waals surface area contributed by atoms with Gasteiger partial charge in [0.1, 0.15) is 16.9 Å². The summed E-state index contributed by atoms with van der Waals surface area (Å²) >= 11 is 0. The van der Waals surface area contributed by atoms with Gasteiger partial charge in [0.2, 0.25) is 11.8 Å². The third-order valence-corrected chi connectivity index (χ3v) is 6.29. The van der Waals surface area contributed by atoms with Crippen LogP contribution in [0.5, 0.6) is 5.75 Å². The lowest BCUT2D eigenvalue weighted by molar-refractivity contribution is 0.345. The molecule has 6 heteroatoms. The fourth-order valence-corrected chi connectivity index (χ4v) is 4.31. The number of hydrogen-bond acceptors (Lipinski definition) is 6. The molecule has 162 valence electrons. The Labute approximate surface area is 190 Å². The van der Waals surface area contributed by atoms with Crippen LogP contribution in [0.15, 0.2) is 87.8 Å². The molecule has 2 aromatic heterocycles. The molecular formula is C27H21N3O3. The molecule has 1 aliphatic carbocycles. The SMILES string of the molecule is Cc1ccccc1-c1nnc(C2(c3onc(-c4ccc(O)cc4)c3-c3ccccc3)CC2)o1. The number of aromatic hydroxyl groups is 1. The molecule has 0 unspecified atom stereocenters. The Kier molecular flexibility index (Phi) is 4.40. The van der Waals surface area contributed by atoms with Crippen LogP contribution in [-0.2, 0) is 5.41 Å². The summed E-state index contributed by atoms with van der Waals surface area (Å²) < 4.78 is 12.2. The maximum Gasteiger partial charge on any atom is 0.248 e. The van der Waals surface area contributed by atoms with E-state index in [1.54, 1.807) is 12.1 Å². The average molecular weight is 435 g/mol. The first-order chi connectivity index (χ1) is 16.2. The number of phenols is 1. The standard InChI is InChI=1S/C27H21N3O3/c1-17-7-5-6-10-21(17)25-28-29-26(32-25)27(15-16-27)24-22(18-8-3-2-4-9-18)23(30-33-24)19-11-13-20(31)14-12-19/h2-14,31H,15-16H2,1H3. The van der Waals surface area contributed by atoms with Gasteiger partial charge in [-0.15, -0.1) is 10.2 Å². The minimum Gasteiger partial charge on any atom is -0.508 e. The van der Waals surface area contributed by atoms with Crippen LogP contribution in [0, 0.1) is 6.92 Å². The second kappa shape index (κ2) is 7.45. The van der Waals surface area contributed by atoms with Gasteiger partial charge in [0.05, 0.1) is 5.56 Å². The van der Waals surface area contributed by atoms with Crippen molar-refractivity contribution in [3.05, 3.63) is 96.1 Å². The van der Waals surface area contributed by atoms with Gasteiger partial charge >= 0.3 is 0 Å². The number of hydrogen-bond donors (Lipinski definition) is 1. The van der Waals surface area contributed by atoms with Crippen molar-refractivity contribution in [2.75, 3.05) is 0 Å². The summed E-state index contributed by atoms with van der Waals surface area (Å²) in [6.07, 6.45) is 1.68. The summed E-state index contributed by atoms with van der Waals surface area (Å²) in [5, 5.41) is 23.0. The van der Waals surface area contributed by atoms with E-state index in [2.05, 4.69) is 15.4 Å². The number of benzene rings is 3. The fraction of sp³-hybridized carbons (Fsp3) is 0.148. The highest BCUT2D eigenvalue weighted by atomic mass is 16.5.